The quantitative estimate of drug-likeness (QED) is 0.622. The Morgan fingerprint density at radius 1 is 1.38 bits per heavy atom. The van der Waals surface area contributed by atoms with Crippen LogP contribution >= 0.6 is 0 Å². The van der Waals surface area contributed by atoms with Gasteiger partial charge in [-0.25, -0.2) is 0 Å². The van der Waals surface area contributed by atoms with Crippen LogP contribution in [0.5, 0.6) is 5.75 Å². The molecule has 3 atom stereocenters. The second-order valence-electron chi connectivity index (χ2n) is 7.36. The number of alkyl halides is 2. The van der Waals surface area contributed by atoms with E-state index in [2.05, 4.69) is 20.4 Å². The Labute approximate surface area is 152 Å². The average Bonchev–Trinajstić information content (AvgIpc) is 2.99. The van der Waals surface area contributed by atoms with E-state index in [-0.39, 0.29) is 11.2 Å². The highest BCUT2D eigenvalue weighted by Gasteiger charge is 2.66. The molecule has 1 spiro atoms. The molecular weight excluding hydrogens is 340 g/mol. The molecule has 2 aliphatic carbocycles. The molecule has 7 heteroatoms. The van der Waals surface area contributed by atoms with Gasteiger partial charge >= 0.3 is 6.61 Å². The summed E-state index contributed by atoms with van der Waals surface area (Å²) in [6.45, 7) is -1.62. The van der Waals surface area contributed by atoms with Crippen LogP contribution in [-0.2, 0) is 11.3 Å². The van der Waals surface area contributed by atoms with Crippen LogP contribution in [0.4, 0.5) is 8.78 Å². The molecule has 0 radical (unpaired) electrons. The van der Waals surface area contributed by atoms with Crippen LogP contribution in [0, 0.1) is 11.3 Å². The van der Waals surface area contributed by atoms with E-state index >= 15 is 0 Å². The highest BCUT2D eigenvalue weighted by molar-refractivity contribution is 5.80. The van der Waals surface area contributed by atoms with Gasteiger partial charge in [0.25, 0.3) is 0 Å². The molecule has 3 unspecified atom stereocenters. The number of para-hydroxylation sites is 1. The van der Waals surface area contributed by atoms with E-state index in [1.54, 1.807) is 31.3 Å². The van der Waals surface area contributed by atoms with Gasteiger partial charge in [0.1, 0.15) is 5.75 Å². The van der Waals surface area contributed by atoms with Crippen molar-refractivity contribution in [2.24, 2.45) is 16.3 Å². The van der Waals surface area contributed by atoms with E-state index < -0.39 is 6.61 Å². The summed E-state index contributed by atoms with van der Waals surface area (Å²) in [7, 11) is 1.73. The highest BCUT2D eigenvalue weighted by Crippen LogP contribution is 2.62. The molecule has 4 rings (SSSR count). The minimum atomic E-state index is -2.83. The van der Waals surface area contributed by atoms with Crippen molar-refractivity contribution in [1.29, 1.82) is 0 Å². The normalized spacial score (nSPS) is 29.1. The van der Waals surface area contributed by atoms with Crippen molar-refractivity contribution in [2.45, 2.75) is 51.0 Å². The van der Waals surface area contributed by atoms with Crippen molar-refractivity contribution in [3.05, 3.63) is 29.8 Å². The van der Waals surface area contributed by atoms with E-state index in [4.69, 9.17) is 4.74 Å². The maximum Gasteiger partial charge on any atom is 0.387 e. The van der Waals surface area contributed by atoms with Gasteiger partial charge in [-0.05, 0) is 25.3 Å². The van der Waals surface area contributed by atoms with E-state index in [1.807, 2.05) is 0 Å². The summed E-state index contributed by atoms with van der Waals surface area (Å²) in [5.41, 5.74) is 0.931. The lowest BCUT2D eigenvalue weighted by atomic mass is 9.46. The van der Waals surface area contributed by atoms with Crippen molar-refractivity contribution in [3.63, 3.8) is 0 Å². The molecule has 1 aromatic carbocycles. The van der Waals surface area contributed by atoms with Gasteiger partial charge in [0, 0.05) is 43.1 Å². The van der Waals surface area contributed by atoms with Crippen LogP contribution in [0.25, 0.3) is 0 Å². The maximum atomic E-state index is 12.6. The lowest BCUT2D eigenvalue weighted by Crippen LogP contribution is -2.72. The van der Waals surface area contributed by atoms with Crippen LogP contribution in [0.2, 0.25) is 0 Å². The van der Waals surface area contributed by atoms with Crippen LogP contribution < -0.4 is 15.4 Å². The number of hydrogen-bond acceptors (Lipinski definition) is 3. The van der Waals surface area contributed by atoms with Crippen molar-refractivity contribution in [1.82, 2.24) is 10.6 Å². The van der Waals surface area contributed by atoms with Gasteiger partial charge in [-0.15, -0.1) is 0 Å². The average molecular weight is 365 g/mol. The molecule has 26 heavy (non-hydrogen) atoms. The molecule has 3 aliphatic rings. The fraction of sp³-hybridized carbons (Fsp3) is 0.632. The standard InChI is InChI=1S/C19H25F2N3O2/c1-22-18(23-11-12-5-2-3-6-14(12)26-17(20)21)24-15-13-7-10-25-16(13)19(15)8-4-9-19/h2-3,5-6,13,15-17H,4,7-11H2,1H3,(H2,22,23,24). The zero-order chi connectivity index (χ0) is 18.1. The Kier molecular flexibility index (Phi) is 4.73. The molecule has 1 aliphatic heterocycles. The van der Waals surface area contributed by atoms with Gasteiger partial charge in [-0.1, -0.05) is 24.6 Å². The molecule has 1 heterocycles. The Morgan fingerprint density at radius 3 is 2.88 bits per heavy atom. The van der Waals surface area contributed by atoms with Gasteiger partial charge in [0.05, 0.1) is 6.10 Å². The Balaban J connectivity index is 1.39. The Hall–Kier alpha value is -1.89. The number of fused-ring (bicyclic) bond motifs is 2. The third kappa shape index (κ3) is 2.92. The second kappa shape index (κ2) is 7.02. The summed E-state index contributed by atoms with van der Waals surface area (Å²) in [6.07, 6.45) is 5.15. The molecule has 0 aromatic heterocycles. The van der Waals surface area contributed by atoms with Crippen molar-refractivity contribution >= 4 is 5.96 Å². The molecule has 142 valence electrons. The largest absolute Gasteiger partial charge is 0.434 e. The van der Waals surface area contributed by atoms with Gasteiger partial charge in [0.15, 0.2) is 5.96 Å². The van der Waals surface area contributed by atoms with Crippen molar-refractivity contribution in [3.8, 4) is 5.75 Å². The minimum absolute atomic E-state index is 0.189. The number of hydrogen-bond donors (Lipinski definition) is 2. The summed E-state index contributed by atoms with van der Waals surface area (Å²) >= 11 is 0. The molecule has 2 N–H and O–H groups in total. The molecule has 3 fully saturated rings. The van der Waals surface area contributed by atoms with Gasteiger partial charge in [0.2, 0.25) is 0 Å². The molecule has 1 saturated heterocycles. The zero-order valence-corrected chi connectivity index (χ0v) is 14.9. The number of ether oxygens (including phenoxy) is 2. The van der Waals surface area contributed by atoms with E-state index in [1.165, 1.54) is 19.3 Å². The first-order valence-electron chi connectivity index (χ1n) is 9.25. The summed E-state index contributed by atoms with van der Waals surface area (Å²) < 4.78 is 35.7. The summed E-state index contributed by atoms with van der Waals surface area (Å²) in [4.78, 5) is 4.32. The first-order valence-corrected chi connectivity index (χ1v) is 9.25. The highest BCUT2D eigenvalue weighted by atomic mass is 19.3. The summed E-state index contributed by atoms with van der Waals surface area (Å²) in [5.74, 6) is 1.43. The Bertz CT molecular complexity index is 679. The smallest absolute Gasteiger partial charge is 0.387 e. The summed E-state index contributed by atoms with van der Waals surface area (Å²) in [6, 6.07) is 7.19. The van der Waals surface area contributed by atoms with E-state index in [0.29, 0.717) is 36.1 Å². The molecule has 0 bridgehead atoms. The van der Waals surface area contributed by atoms with Crippen LogP contribution in [-0.4, -0.2) is 38.4 Å². The predicted octanol–water partition coefficient (Wildman–Crippen LogP) is 2.91. The van der Waals surface area contributed by atoms with Crippen molar-refractivity contribution in [2.75, 3.05) is 13.7 Å². The molecule has 1 aromatic rings. The monoisotopic (exact) mass is 365 g/mol. The van der Waals surface area contributed by atoms with E-state index in [9.17, 15) is 8.78 Å². The van der Waals surface area contributed by atoms with Gasteiger partial charge in [-0.3, -0.25) is 4.99 Å². The number of halogens is 2. The minimum Gasteiger partial charge on any atom is -0.434 e. The zero-order valence-electron chi connectivity index (χ0n) is 14.9. The summed E-state index contributed by atoms with van der Waals surface area (Å²) in [5, 5.41) is 6.81. The topological polar surface area (TPSA) is 54.9 Å². The SMILES string of the molecule is CN=C(NCc1ccccc1OC(F)F)NC1C2CCOC2C12CCC2. The van der Waals surface area contributed by atoms with Crippen LogP contribution in [0.3, 0.4) is 0 Å². The fourth-order valence-electron chi connectivity index (χ4n) is 4.84. The lowest BCUT2D eigenvalue weighted by molar-refractivity contribution is -0.171. The number of nitrogens with one attached hydrogen (secondary N) is 2. The number of rotatable bonds is 5. The van der Waals surface area contributed by atoms with Gasteiger partial charge in [-0.2, -0.15) is 8.78 Å². The molecular formula is C19H25F2N3O2. The lowest BCUT2D eigenvalue weighted by Gasteiger charge is -2.63. The first kappa shape index (κ1) is 17.5. The molecule has 0 amide bonds. The third-order valence-electron chi connectivity index (χ3n) is 6.19. The van der Waals surface area contributed by atoms with Crippen molar-refractivity contribution < 1.29 is 18.3 Å². The molecule has 5 nitrogen and oxygen atoms in total. The number of nitrogens with zero attached hydrogens (tertiary/aromatic N) is 1. The fourth-order valence-corrected chi connectivity index (χ4v) is 4.84. The van der Waals surface area contributed by atoms with Gasteiger partial charge < -0.3 is 20.1 Å². The molecule has 2 saturated carbocycles. The third-order valence-corrected chi connectivity index (χ3v) is 6.19. The first-order chi connectivity index (χ1) is 12.6. The van der Waals surface area contributed by atoms with Crippen LogP contribution in [0.1, 0.15) is 31.2 Å². The maximum absolute atomic E-state index is 12.6. The predicted molar refractivity (Wildman–Crippen MR) is 94.3 cm³/mol. The number of guanidine groups is 1. The number of benzene rings is 1. The number of aliphatic imine (C=N–C) groups is 1. The van der Waals surface area contributed by atoms with E-state index in [0.717, 1.165) is 13.0 Å². The second-order valence-corrected chi connectivity index (χ2v) is 7.36. The Morgan fingerprint density at radius 2 is 2.19 bits per heavy atom. The van der Waals surface area contributed by atoms with Crippen LogP contribution in [0.15, 0.2) is 29.3 Å².